The number of benzene rings is 1. The number of anilines is 3. The maximum Gasteiger partial charge on any atom is 0.417 e. The van der Waals surface area contributed by atoms with Gasteiger partial charge in [0.1, 0.15) is 5.82 Å². The van der Waals surface area contributed by atoms with Crippen molar-refractivity contribution in [2.75, 3.05) is 11.1 Å². The molecule has 0 bridgehead atoms. The molecule has 3 rings (SSSR count). The van der Waals surface area contributed by atoms with Crippen molar-refractivity contribution in [3.63, 3.8) is 0 Å². The van der Waals surface area contributed by atoms with E-state index in [-0.39, 0.29) is 5.95 Å². The monoisotopic (exact) mass is 382 g/mol. The van der Waals surface area contributed by atoms with Crippen molar-refractivity contribution in [1.29, 1.82) is 0 Å². The Balaban J connectivity index is 1.94. The highest BCUT2D eigenvalue weighted by molar-refractivity contribution is 6.31. The van der Waals surface area contributed by atoms with Crippen molar-refractivity contribution in [1.82, 2.24) is 19.7 Å². The fourth-order valence-corrected chi connectivity index (χ4v) is 2.74. The van der Waals surface area contributed by atoms with Crippen molar-refractivity contribution in [2.24, 2.45) is 0 Å². The Labute approximate surface area is 151 Å². The summed E-state index contributed by atoms with van der Waals surface area (Å²) in [6.45, 7) is 3.71. The predicted octanol–water partition coefficient (Wildman–Crippen LogP) is 4.28. The van der Waals surface area contributed by atoms with E-state index in [2.05, 4.69) is 20.4 Å². The first-order chi connectivity index (χ1) is 12.1. The fraction of sp³-hybridized carbons (Fsp3) is 0.188. The molecule has 0 aliphatic carbocycles. The standard InChI is InChI=1S/C16H14ClF3N6/c1-8-5-9(2)26(25-8)14-7-13(23-15(21)24-14)22-10-3-4-11(12(17)6-10)16(18,19)20/h3-7H,1-2H3,(H3,21,22,23,24). The van der Waals surface area contributed by atoms with E-state index in [0.29, 0.717) is 17.3 Å². The number of aryl methyl sites for hydroxylation is 2. The lowest BCUT2D eigenvalue weighted by Crippen LogP contribution is -2.08. The maximum atomic E-state index is 12.8. The molecule has 0 atom stereocenters. The smallest absolute Gasteiger partial charge is 0.368 e. The number of nitrogen functional groups attached to an aromatic ring is 1. The summed E-state index contributed by atoms with van der Waals surface area (Å²) in [5, 5.41) is 6.78. The van der Waals surface area contributed by atoms with E-state index in [0.717, 1.165) is 17.5 Å². The third-order valence-electron chi connectivity index (χ3n) is 3.50. The Morgan fingerprint density at radius 2 is 1.85 bits per heavy atom. The van der Waals surface area contributed by atoms with E-state index in [1.807, 2.05) is 19.9 Å². The summed E-state index contributed by atoms with van der Waals surface area (Å²) in [6.07, 6.45) is -4.52. The summed E-state index contributed by atoms with van der Waals surface area (Å²) < 4.78 is 40.0. The van der Waals surface area contributed by atoms with E-state index >= 15 is 0 Å². The molecule has 0 aliphatic heterocycles. The number of nitrogens with two attached hydrogens (primary N) is 1. The normalized spacial score (nSPS) is 11.6. The van der Waals surface area contributed by atoms with Crippen LogP contribution in [-0.2, 0) is 6.18 Å². The maximum absolute atomic E-state index is 12.8. The van der Waals surface area contributed by atoms with E-state index in [4.69, 9.17) is 17.3 Å². The van der Waals surface area contributed by atoms with E-state index in [1.54, 1.807) is 10.7 Å². The Bertz CT molecular complexity index is 967. The molecule has 0 saturated heterocycles. The van der Waals surface area contributed by atoms with E-state index < -0.39 is 16.8 Å². The van der Waals surface area contributed by atoms with Crippen LogP contribution in [0.25, 0.3) is 5.82 Å². The van der Waals surface area contributed by atoms with Crippen LogP contribution < -0.4 is 11.1 Å². The molecule has 10 heteroatoms. The molecule has 2 aromatic heterocycles. The number of hydrogen-bond acceptors (Lipinski definition) is 5. The molecule has 0 unspecified atom stereocenters. The SMILES string of the molecule is Cc1cc(C)n(-c2cc(Nc3ccc(C(F)(F)F)c(Cl)c3)nc(N)n2)n1. The Hall–Kier alpha value is -2.81. The van der Waals surface area contributed by atoms with Gasteiger partial charge < -0.3 is 11.1 Å². The molecule has 6 nitrogen and oxygen atoms in total. The largest absolute Gasteiger partial charge is 0.417 e. The van der Waals surface area contributed by atoms with Crippen LogP contribution in [0, 0.1) is 13.8 Å². The molecule has 3 N–H and O–H groups in total. The third-order valence-corrected chi connectivity index (χ3v) is 3.82. The van der Waals surface area contributed by atoms with Gasteiger partial charge in [-0.05, 0) is 38.1 Å². The van der Waals surface area contributed by atoms with Crippen molar-refractivity contribution < 1.29 is 13.2 Å². The van der Waals surface area contributed by atoms with Crippen LogP contribution >= 0.6 is 11.6 Å². The first-order valence-corrected chi connectivity index (χ1v) is 7.83. The summed E-state index contributed by atoms with van der Waals surface area (Å²) in [5.74, 6) is 0.732. The van der Waals surface area contributed by atoms with Gasteiger partial charge >= 0.3 is 6.18 Å². The number of alkyl halides is 3. The van der Waals surface area contributed by atoms with Crippen LogP contribution in [0.3, 0.4) is 0 Å². The third kappa shape index (κ3) is 3.72. The van der Waals surface area contributed by atoms with Gasteiger partial charge in [0.15, 0.2) is 5.82 Å². The zero-order chi connectivity index (χ0) is 19.1. The topological polar surface area (TPSA) is 81.7 Å². The molecule has 0 saturated carbocycles. The van der Waals surface area contributed by atoms with Gasteiger partial charge in [0.2, 0.25) is 5.95 Å². The zero-order valence-electron chi connectivity index (χ0n) is 13.8. The van der Waals surface area contributed by atoms with Gasteiger partial charge in [0, 0.05) is 17.4 Å². The summed E-state index contributed by atoms with van der Waals surface area (Å²) in [7, 11) is 0. The second kappa shape index (κ2) is 6.49. The van der Waals surface area contributed by atoms with Gasteiger partial charge in [0.25, 0.3) is 0 Å². The molecule has 136 valence electrons. The Morgan fingerprint density at radius 3 is 2.42 bits per heavy atom. The van der Waals surface area contributed by atoms with Gasteiger partial charge in [-0.1, -0.05) is 11.6 Å². The second-order valence-corrected chi connectivity index (χ2v) is 6.03. The van der Waals surface area contributed by atoms with Crippen LogP contribution in [0.15, 0.2) is 30.3 Å². The van der Waals surface area contributed by atoms with Crippen molar-refractivity contribution in [2.45, 2.75) is 20.0 Å². The van der Waals surface area contributed by atoms with Crippen LogP contribution in [0.2, 0.25) is 5.02 Å². The molecule has 26 heavy (non-hydrogen) atoms. The summed E-state index contributed by atoms with van der Waals surface area (Å²) in [5.41, 5.74) is 6.83. The Morgan fingerprint density at radius 1 is 1.12 bits per heavy atom. The lowest BCUT2D eigenvalue weighted by molar-refractivity contribution is -0.137. The second-order valence-electron chi connectivity index (χ2n) is 5.63. The first-order valence-electron chi connectivity index (χ1n) is 7.45. The molecule has 0 amide bonds. The first kappa shape index (κ1) is 18.0. The number of nitrogens with zero attached hydrogens (tertiary/aromatic N) is 4. The van der Waals surface area contributed by atoms with Crippen LogP contribution in [0.1, 0.15) is 17.0 Å². The van der Waals surface area contributed by atoms with Crippen molar-refractivity contribution in [3.8, 4) is 5.82 Å². The highest BCUT2D eigenvalue weighted by Gasteiger charge is 2.33. The summed E-state index contributed by atoms with van der Waals surface area (Å²) in [6, 6.07) is 6.79. The van der Waals surface area contributed by atoms with Gasteiger partial charge in [-0.2, -0.15) is 28.2 Å². The average Bonchev–Trinajstić information content (AvgIpc) is 2.84. The van der Waals surface area contributed by atoms with Gasteiger partial charge in [0.05, 0.1) is 16.3 Å². The average molecular weight is 383 g/mol. The summed E-state index contributed by atoms with van der Waals surface area (Å²) in [4.78, 5) is 8.18. The van der Waals surface area contributed by atoms with Crippen LogP contribution in [-0.4, -0.2) is 19.7 Å². The van der Waals surface area contributed by atoms with Gasteiger partial charge in [-0.25, -0.2) is 4.68 Å². The molecule has 1 aromatic carbocycles. The predicted molar refractivity (Wildman–Crippen MR) is 92.8 cm³/mol. The van der Waals surface area contributed by atoms with Crippen LogP contribution in [0.4, 0.5) is 30.6 Å². The minimum Gasteiger partial charge on any atom is -0.368 e. The summed E-state index contributed by atoms with van der Waals surface area (Å²) >= 11 is 5.73. The minimum atomic E-state index is -4.52. The molecule has 0 fully saturated rings. The zero-order valence-corrected chi connectivity index (χ0v) is 14.5. The van der Waals surface area contributed by atoms with Gasteiger partial charge in [-0.15, -0.1) is 0 Å². The number of aromatic nitrogens is 4. The molecular formula is C16H14ClF3N6. The highest BCUT2D eigenvalue weighted by atomic mass is 35.5. The lowest BCUT2D eigenvalue weighted by Gasteiger charge is -2.12. The van der Waals surface area contributed by atoms with Crippen molar-refractivity contribution >= 4 is 29.1 Å². The molecular weight excluding hydrogens is 369 g/mol. The Kier molecular flexibility index (Phi) is 4.49. The lowest BCUT2D eigenvalue weighted by atomic mass is 10.2. The molecule has 0 aliphatic rings. The molecule has 2 heterocycles. The van der Waals surface area contributed by atoms with E-state index in [9.17, 15) is 13.2 Å². The quantitative estimate of drug-likeness (QED) is 0.706. The number of nitrogens with one attached hydrogen (secondary N) is 1. The van der Waals surface area contributed by atoms with Crippen molar-refractivity contribution in [3.05, 3.63) is 52.3 Å². The number of hydrogen-bond donors (Lipinski definition) is 2. The van der Waals surface area contributed by atoms with E-state index in [1.165, 1.54) is 12.1 Å². The fourth-order valence-electron chi connectivity index (χ4n) is 2.46. The highest BCUT2D eigenvalue weighted by Crippen LogP contribution is 2.36. The minimum absolute atomic E-state index is 0.00411. The van der Waals surface area contributed by atoms with Gasteiger partial charge in [-0.3, -0.25) is 0 Å². The molecule has 0 spiro atoms. The number of halogens is 4. The van der Waals surface area contributed by atoms with Crippen LogP contribution in [0.5, 0.6) is 0 Å². The molecule has 0 radical (unpaired) electrons. The number of rotatable bonds is 3. The molecule has 3 aromatic rings.